The zero-order valence-corrected chi connectivity index (χ0v) is 8.39. The lowest BCUT2D eigenvalue weighted by Gasteiger charge is -2.05. The average molecular weight is 197 g/mol. The summed E-state index contributed by atoms with van der Waals surface area (Å²) in [5.41, 5.74) is 2.29. The van der Waals surface area contributed by atoms with Crippen LogP contribution in [0.3, 0.4) is 0 Å². The Balaban J connectivity index is 2.43. The van der Waals surface area contributed by atoms with Gasteiger partial charge in [0.2, 0.25) is 0 Å². The molecule has 0 saturated heterocycles. The van der Waals surface area contributed by atoms with Crippen LogP contribution in [-0.4, -0.2) is 0 Å². The predicted octanol–water partition coefficient (Wildman–Crippen LogP) is 3.96. The molecule has 69 valence electrons. The van der Waals surface area contributed by atoms with Crippen LogP contribution in [0.5, 0.6) is 0 Å². The lowest BCUT2D eigenvalue weighted by molar-refractivity contribution is 1.72. The van der Waals surface area contributed by atoms with Crippen LogP contribution in [0, 0.1) is 18.2 Å². The Bertz CT molecular complexity index is 878. The van der Waals surface area contributed by atoms with E-state index in [-0.39, 0.29) is 0 Å². The average Bonchev–Trinajstić information content (AvgIpc) is 2.36. The van der Waals surface area contributed by atoms with Crippen LogP contribution in [0.4, 0.5) is 0 Å². The summed E-state index contributed by atoms with van der Waals surface area (Å²) < 4.78 is 0. The molecular weight excluding hydrogens is 192 g/mol. The van der Waals surface area contributed by atoms with Gasteiger partial charge in [-0.2, -0.15) is 0 Å². The molecule has 0 nitrogen and oxygen atoms in total. The minimum Gasteiger partial charge on any atom is -0.0537 e. The van der Waals surface area contributed by atoms with Gasteiger partial charge in [0.05, 0.1) is 0 Å². The van der Waals surface area contributed by atoms with E-state index in [2.05, 4.69) is 48.5 Å². The van der Waals surface area contributed by atoms with Crippen LogP contribution >= 0.6 is 0 Å². The molecule has 0 N–H and O–H groups in total. The van der Waals surface area contributed by atoms with Gasteiger partial charge in [-0.15, -0.1) is 0 Å². The quantitative estimate of drug-likeness (QED) is 0.352. The second-order valence-electron chi connectivity index (χ2n) is 4.46. The second-order valence-corrected chi connectivity index (χ2v) is 4.46. The van der Waals surface area contributed by atoms with Gasteiger partial charge in [0.25, 0.3) is 0 Å². The number of rotatable bonds is 0. The van der Waals surface area contributed by atoms with Crippen LogP contribution in [0.2, 0.25) is 0 Å². The molecule has 5 rings (SSSR count). The lowest BCUT2D eigenvalue weighted by atomic mass is 9.98. The van der Waals surface area contributed by atoms with E-state index in [0.29, 0.717) is 0 Å². The minimum atomic E-state index is 1.08. The minimum absolute atomic E-state index is 1.08. The van der Waals surface area contributed by atoms with E-state index in [1.807, 2.05) is 0 Å². The zero-order valence-electron chi connectivity index (χ0n) is 8.39. The van der Waals surface area contributed by atoms with Gasteiger partial charge in [-0.3, -0.25) is 0 Å². The van der Waals surface area contributed by atoms with Crippen molar-refractivity contribution in [2.24, 2.45) is 0 Å². The van der Waals surface area contributed by atoms with Crippen LogP contribution in [0.25, 0.3) is 43.4 Å². The molecule has 0 atom stereocenters. The van der Waals surface area contributed by atoms with Crippen molar-refractivity contribution in [3.05, 3.63) is 48.5 Å². The molecule has 0 heteroatoms. The van der Waals surface area contributed by atoms with E-state index >= 15 is 0 Å². The van der Waals surface area contributed by atoms with Crippen LogP contribution in [-0.2, 0) is 0 Å². The lowest BCUT2D eigenvalue weighted by Crippen LogP contribution is -1.80. The highest BCUT2D eigenvalue weighted by Gasteiger charge is 2.13. The molecule has 4 aromatic carbocycles. The van der Waals surface area contributed by atoms with E-state index in [1.54, 1.807) is 0 Å². The third-order valence-corrected chi connectivity index (χ3v) is 3.55. The summed E-state index contributed by atoms with van der Waals surface area (Å²) in [4.78, 5) is 0. The summed E-state index contributed by atoms with van der Waals surface area (Å²) in [5.74, 6) is 0. The Morgan fingerprint density at radius 1 is 0.688 bits per heavy atom. The maximum Gasteiger partial charge on any atom is -0.0000684 e. The number of fused-ring (bicyclic) bond motifs is 6. The largest absolute Gasteiger partial charge is 0.0537 e. The summed E-state index contributed by atoms with van der Waals surface area (Å²) >= 11 is 0. The molecule has 0 amide bonds. The van der Waals surface area contributed by atoms with Crippen molar-refractivity contribution in [3.63, 3.8) is 0 Å². The van der Waals surface area contributed by atoms with Crippen molar-refractivity contribution in [2.75, 3.05) is 0 Å². The van der Waals surface area contributed by atoms with Crippen LogP contribution < -0.4 is 0 Å². The molecule has 0 fully saturated rings. The first-order chi connectivity index (χ1) is 7.88. The summed E-state index contributed by atoms with van der Waals surface area (Å²) in [5, 5.41) is 7.31. The fraction of sp³-hybridized carbons (Fsp3) is 0. The molecule has 1 aliphatic rings. The topological polar surface area (TPSA) is 0 Å². The fourth-order valence-electron chi connectivity index (χ4n) is 2.76. The Hall–Kier alpha value is -2.08. The zero-order chi connectivity index (χ0) is 10.3. The van der Waals surface area contributed by atoms with Gasteiger partial charge in [0.1, 0.15) is 0 Å². The number of hydrogen-bond donors (Lipinski definition) is 0. The highest BCUT2D eigenvalue weighted by Crippen LogP contribution is 2.38. The fourth-order valence-corrected chi connectivity index (χ4v) is 2.76. The van der Waals surface area contributed by atoms with Gasteiger partial charge in [0, 0.05) is 0 Å². The Kier molecular flexibility index (Phi) is 0.927. The highest BCUT2D eigenvalue weighted by molar-refractivity contribution is 6.17. The Labute approximate surface area is 92.4 Å². The summed E-state index contributed by atoms with van der Waals surface area (Å²) in [6, 6.07) is 21.2. The normalized spacial score (nSPS) is 13.0. The van der Waals surface area contributed by atoms with Crippen molar-refractivity contribution in [2.45, 2.75) is 0 Å². The van der Waals surface area contributed by atoms with E-state index in [4.69, 9.17) is 0 Å². The van der Waals surface area contributed by atoms with Crippen LogP contribution in [0.15, 0.2) is 30.3 Å². The third kappa shape index (κ3) is 0.646. The van der Waals surface area contributed by atoms with Gasteiger partial charge >= 0.3 is 0 Å². The third-order valence-electron chi connectivity index (χ3n) is 3.55. The van der Waals surface area contributed by atoms with Crippen molar-refractivity contribution in [1.29, 1.82) is 0 Å². The molecular formula is C16H5. The first-order valence-electron chi connectivity index (χ1n) is 5.39. The van der Waals surface area contributed by atoms with Crippen molar-refractivity contribution >= 4 is 32.3 Å². The van der Waals surface area contributed by atoms with Gasteiger partial charge in [-0.05, 0) is 79.8 Å². The molecule has 16 heavy (non-hydrogen) atoms. The van der Waals surface area contributed by atoms with Gasteiger partial charge in [0.15, 0.2) is 0 Å². The molecule has 0 unspecified atom stereocenters. The number of benzene rings is 4. The van der Waals surface area contributed by atoms with Crippen LogP contribution in [0.1, 0.15) is 0 Å². The maximum absolute atomic E-state index is 3.40. The molecule has 1 aliphatic carbocycles. The van der Waals surface area contributed by atoms with E-state index in [1.165, 1.54) is 27.1 Å². The standard InChI is InChI=1S/C16H5/c1-2-10-3-13-8-16-14-5-11(4-12(13)6-14)9(1)7-15(10)16/h1-3,7-8H. The van der Waals surface area contributed by atoms with E-state index in [0.717, 1.165) is 16.3 Å². The molecule has 0 aromatic heterocycles. The molecule has 4 aromatic rings. The summed E-state index contributed by atoms with van der Waals surface area (Å²) in [6.45, 7) is 0. The molecule has 0 aliphatic heterocycles. The number of hydrogen-bond acceptors (Lipinski definition) is 0. The molecule has 0 saturated carbocycles. The van der Waals surface area contributed by atoms with E-state index < -0.39 is 0 Å². The second kappa shape index (κ2) is 2.05. The first-order valence-corrected chi connectivity index (χ1v) is 5.39. The van der Waals surface area contributed by atoms with Crippen molar-refractivity contribution < 1.29 is 0 Å². The van der Waals surface area contributed by atoms with Gasteiger partial charge in [-0.25, -0.2) is 0 Å². The summed E-state index contributed by atoms with van der Waals surface area (Å²) in [7, 11) is 0. The summed E-state index contributed by atoms with van der Waals surface area (Å²) in [6.07, 6.45) is 0. The monoisotopic (exact) mass is 197 g/mol. The highest BCUT2D eigenvalue weighted by atomic mass is 14.2. The Morgan fingerprint density at radius 3 is 2.62 bits per heavy atom. The van der Waals surface area contributed by atoms with E-state index in [9.17, 15) is 0 Å². The molecule has 0 spiro atoms. The van der Waals surface area contributed by atoms with Crippen molar-refractivity contribution in [1.82, 2.24) is 0 Å². The van der Waals surface area contributed by atoms with Crippen molar-refractivity contribution in [3.8, 4) is 11.1 Å². The van der Waals surface area contributed by atoms with Gasteiger partial charge < -0.3 is 0 Å². The first kappa shape index (κ1) is 7.24. The predicted molar refractivity (Wildman–Crippen MR) is 65.6 cm³/mol. The SMILES string of the molecule is [c]1c2[c]c3[c]c1c1cc4ccc-2cc4c3c1. The molecule has 3 radical (unpaired) electrons. The van der Waals surface area contributed by atoms with Gasteiger partial charge in [-0.1, -0.05) is 12.1 Å². The Morgan fingerprint density at radius 2 is 1.62 bits per heavy atom. The molecule has 0 heterocycles. The smallest absolute Gasteiger partial charge is 0.0000684 e. The molecule has 7 bridgehead atoms. The maximum atomic E-state index is 3.40.